The molecule has 5 heteroatoms. The Bertz CT molecular complexity index is 651. The van der Waals surface area contributed by atoms with Gasteiger partial charge < -0.3 is 5.11 Å². The van der Waals surface area contributed by atoms with E-state index in [2.05, 4.69) is 10.5 Å². The summed E-state index contributed by atoms with van der Waals surface area (Å²) in [5.74, 6) is -0.779. The summed E-state index contributed by atoms with van der Waals surface area (Å²) < 4.78 is 12.7. The molecule has 0 aliphatic heterocycles. The van der Waals surface area contributed by atoms with E-state index >= 15 is 0 Å². The summed E-state index contributed by atoms with van der Waals surface area (Å²) in [5, 5.41) is 13.4. The van der Waals surface area contributed by atoms with Crippen LogP contribution >= 0.6 is 0 Å². The summed E-state index contributed by atoms with van der Waals surface area (Å²) in [4.78, 5) is 11.7. The van der Waals surface area contributed by atoms with Gasteiger partial charge in [-0.05, 0) is 43.3 Å². The van der Waals surface area contributed by atoms with Crippen LogP contribution in [0.1, 0.15) is 21.5 Å². The van der Waals surface area contributed by atoms with Crippen LogP contribution in [0.15, 0.2) is 47.6 Å². The Morgan fingerprint density at radius 1 is 1.25 bits per heavy atom. The highest BCUT2D eigenvalue weighted by Crippen LogP contribution is 2.15. The minimum Gasteiger partial charge on any atom is -0.507 e. The number of halogens is 1. The fraction of sp³-hybridized carbons (Fsp3) is 0.0667. The molecule has 2 rings (SSSR count). The van der Waals surface area contributed by atoms with Crippen molar-refractivity contribution in [3.8, 4) is 5.75 Å². The van der Waals surface area contributed by atoms with E-state index in [-0.39, 0.29) is 5.75 Å². The number of hydrogen-bond donors (Lipinski definition) is 2. The summed E-state index contributed by atoms with van der Waals surface area (Å²) in [6.07, 6.45) is 1.35. The Labute approximate surface area is 115 Å². The number of nitrogens with one attached hydrogen (secondary N) is 1. The van der Waals surface area contributed by atoms with Gasteiger partial charge >= 0.3 is 0 Å². The Kier molecular flexibility index (Phi) is 4.10. The van der Waals surface area contributed by atoms with Crippen molar-refractivity contribution in [2.24, 2.45) is 5.10 Å². The molecular weight excluding hydrogens is 259 g/mol. The van der Waals surface area contributed by atoms with E-state index in [4.69, 9.17) is 0 Å². The second kappa shape index (κ2) is 5.97. The number of hydrazone groups is 1. The van der Waals surface area contributed by atoms with Crippen molar-refractivity contribution < 1.29 is 14.3 Å². The van der Waals surface area contributed by atoms with Crippen LogP contribution in [0.2, 0.25) is 0 Å². The molecule has 0 heterocycles. The molecule has 0 saturated carbocycles. The van der Waals surface area contributed by atoms with E-state index in [0.717, 1.165) is 5.56 Å². The van der Waals surface area contributed by atoms with Gasteiger partial charge in [-0.25, -0.2) is 9.82 Å². The number of rotatable bonds is 3. The number of aromatic hydroxyl groups is 1. The first-order valence-electron chi connectivity index (χ1n) is 5.95. The van der Waals surface area contributed by atoms with Crippen molar-refractivity contribution in [1.82, 2.24) is 5.43 Å². The first-order chi connectivity index (χ1) is 9.56. The topological polar surface area (TPSA) is 61.7 Å². The number of aryl methyl sites for hydroxylation is 1. The van der Waals surface area contributed by atoms with Crippen molar-refractivity contribution in [3.05, 3.63) is 65.0 Å². The summed E-state index contributed by atoms with van der Waals surface area (Å²) >= 11 is 0. The summed E-state index contributed by atoms with van der Waals surface area (Å²) in [7, 11) is 0. The van der Waals surface area contributed by atoms with Gasteiger partial charge in [0.1, 0.15) is 11.6 Å². The molecule has 102 valence electrons. The number of phenolic OH excluding ortho intramolecular Hbond substituents is 1. The largest absolute Gasteiger partial charge is 0.507 e. The van der Waals surface area contributed by atoms with Crippen molar-refractivity contribution in [3.63, 3.8) is 0 Å². The molecule has 0 radical (unpaired) electrons. The highest BCUT2D eigenvalue weighted by Gasteiger charge is 2.04. The molecule has 2 N–H and O–H groups in total. The smallest absolute Gasteiger partial charge is 0.271 e. The van der Waals surface area contributed by atoms with Crippen LogP contribution in [0, 0.1) is 12.7 Å². The van der Waals surface area contributed by atoms with Crippen molar-refractivity contribution >= 4 is 12.1 Å². The first-order valence-corrected chi connectivity index (χ1v) is 5.95. The molecule has 0 fully saturated rings. The fourth-order valence-corrected chi connectivity index (χ4v) is 1.60. The molecule has 2 aromatic rings. The zero-order valence-electron chi connectivity index (χ0n) is 10.8. The number of nitrogens with zero attached hydrogens (tertiary/aromatic N) is 1. The molecule has 0 saturated heterocycles. The van der Waals surface area contributed by atoms with Gasteiger partial charge in [-0.2, -0.15) is 5.10 Å². The van der Waals surface area contributed by atoms with Gasteiger partial charge in [-0.3, -0.25) is 4.79 Å². The van der Waals surface area contributed by atoms with Crippen LogP contribution in [0.3, 0.4) is 0 Å². The van der Waals surface area contributed by atoms with Gasteiger partial charge in [0.05, 0.1) is 6.21 Å². The molecule has 0 bridgehead atoms. The lowest BCUT2D eigenvalue weighted by molar-refractivity contribution is 0.0955. The molecule has 2 aromatic carbocycles. The van der Waals surface area contributed by atoms with E-state index in [1.807, 2.05) is 6.92 Å². The number of amides is 1. The predicted octanol–water partition coefficient (Wildman–Crippen LogP) is 2.60. The maximum atomic E-state index is 12.7. The SMILES string of the molecule is Cc1ccc(O)c(C=NNC(=O)c2ccc(F)cc2)c1. The minimum absolute atomic E-state index is 0.0791. The number of carbonyl (C=O) groups excluding carboxylic acids is 1. The highest BCUT2D eigenvalue weighted by molar-refractivity contribution is 5.95. The first kappa shape index (κ1) is 13.7. The third kappa shape index (κ3) is 3.41. The molecule has 0 aliphatic rings. The van der Waals surface area contributed by atoms with Gasteiger partial charge in [-0.15, -0.1) is 0 Å². The molecule has 1 amide bonds. The normalized spacial score (nSPS) is 10.7. The molecule has 0 aromatic heterocycles. The van der Waals surface area contributed by atoms with Crippen LogP contribution in [-0.2, 0) is 0 Å². The van der Waals surface area contributed by atoms with Gasteiger partial charge in [0.2, 0.25) is 0 Å². The molecule has 4 nitrogen and oxygen atoms in total. The Morgan fingerprint density at radius 3 is 2.65 bits per heavy atom. The number of phenols is 1. The van der Waals surface area contributed by atoms with Gasteiger partial charge in [0, 0.05) is 11.1 Å². The minimum atomic E-state index is -0.451. The average molecular weight is 272 g/mol. The zero-order valence-corrected chi connectivity index (χ0v) is 10.8. The van der Waals surface area contributed by atoms with E-state index < -0.39 is 11.7 Å². The van der Waals surface area contributed by atoms with Crippen LogP contribution in [0.25, 0.3) is 0 Å². The number of carbonyl (C=O) groups is 1. The molecular formula is C15H13FN2O2. The lowest BCUT2D eigenvalue weighted by atomic mass is 10.1. The third-order valence-electron chi connectivity index (χ3n) is 2.66. The summed E-state index contributed by atoms with van der Waals surface area (Å²) in [6.45, 7) is 1.88. The van der Waals surface area contributed by atoms with E-state index in [9.17, 15) is 14.3 Å². The van der Waals surface area contributed by atoms with E-state index in [1.54, 1.807) is 18.2 Å². The quantitative estimate of drug-likeness (QED) is 0.666. The van der Waals surface area contributed by atoms with Gasteiger partial charge in [0.25, 0.3) is 5.91 Å². The maximum Gasteiger partial charge on any atom is 0.271 e. The Balaban J connectivity index is 2.04. The van der Waals surface area contributed by atoms with Crippen LogP contribution in [0.4, 0.5) is 4.39 Å². The van der Waals surface area contributed by atoms with Crippen molar-refractivity contribution in [1.29, 1.82) is 0 Å². The van der Waals surface area contributed by atoms with Crippen LogP contribution in [0.5, 0.6) is 5.75 Å². The van der Waals surface area contributed by atoms with Crippen molar-refractivity contribution in [2.75, 3.05) is 0 Å². The maximum absolute atomic E-state index is 12.7. The molecule has 0 aliphatic carbocycles. The molecule has 0 unspecified atom stereocenters. The second-order valence-corrected chi connectivity index (χ2v) is 4.27. The van der Waals surface area contributed by atoms with E-state index in [1.165, 1.54) is 30.5 Å². The Hall–Kier alpha value is -2.69. The Morgan fingerprint density at radius 2 is 1.95 bits per heavy atom. The van der Waals surface area contributed by atoms with Crippen LogP contribution in [-0.4, -0.2) is 17.2 Å². The summed E-state index contributed by atoms with van der Waals surface area (Å²) in [5.41, 5.74) is 4.08. The predicted molar refractivity (Wildman–Crippen MR) is 74.3 cm³/mol. The standard InChI is InChI=1S/C15H13FN2O2/c1-10-2-7-14(19)12(8-10)9-17-18-15(20)11-3-5-13(16)6-4-11/h2-9,19H,1H3,(H,18,20). The lowest BCUT2D eigenvalue weighted by Crippen LogP contribution is -2.17. The third-order valence-corrected chi connectivity index (χ3v) is 2.66. The number of benzene rings is 2. The summed E-state index contributed by atoms with van der Waals surface area (Å²) in [6, 6.07) is 10.2. The van der Waals surface area contributed by atoms with Crippen molar-refractivity contribution in [2.45, 2.75) is 6.92 Å². The average Bonchev–Trinajstić information content (AvgIpc) is 2.43. The monoisotopic (exact) mass is 272 g/mol. The number of hydrogen-bond acceptors (Lipinski definition) is 3. The molecule has 0 atom stereocenters. The van der Waals surface area contributed by atoms with Gasteiger partial charge in [0.15, 0.2) is 0 Å². The molecule has 0 spiro atoms. The second-order valence-electron chi connectivity index (χ2n) is 4.27. The van der Waals surface area contributed by atoms with Gasteiger partial charge in [-0.1, -0.05) is 11.6 Å². The molecule has 20 heavy (non-hydrogen) atoms. The fourth-order valence-electron chi connectivity index (χ4n) is 1.60. The zero-order chi connectivity index (χ0) is 14.5. The highest BCUT2D eigenvalue weighted by atomic mass is 19.1. The van der Waals surface area contributed by atoms with Crippen LogP contribution < -0.4 is 5.43 Å². The lowest BCUT2D eigenvalue weighted by Gasteiger charge is -2.01. The van der Waals surface area contributed by atoms with E-state index in [0.29, 0.717) is 11.1 Å².